The normalized spacial score (nSPS) is 13.7. The van der Waals surface area contributed by atoms with E-state index in [9.17, 15) is 14.7 Å². The minimum absolute atomic E-state index is 0.0727. The van der Waals surface area contributed by atoms with E-state index in [0.29, 0.717) is 41.6 Å². The molecule has 0 saturated heterocycles. The molecule has 8 heteroatoms. The maximum Gasteiger partial charge on any atom is 0.305 e. The number of ether oxygens (including phenoxy) is 4. The Bertz CT molecular complexity index is 1240. The predicted molar refractivity (Wildman–Crippen MR) is 130 cm³/mol. The highest BCUT2D eigenvalue weighted by Gasteiger charge is 2.20. The molecule has 0 spiro atoms. The Morgan fingerprint density at radius 3 is 2.66 bits per heavy atom. The smallest absolute Gasteiger partial charge is 0.305 e. The van der Waals surface area contributed by atoms with Gasteiger partial charge in [0.15, 0.2) is 16.9 Å². The number of hydrogen-bond donors (Lipinski definition) is 1. The maximum atomic E-state index is 12.8. The molecule has 0 amide bonds. The largest absolute Gasteiger partial charge is 0.507 e. The molecule has 1 aliphatic rings. The monoisotopic (exact) mass is 482 g/mol. The summed E-state index contributed by atoms with van der Waals surface area (Å²) in [5.41, 5.74) is 0.474. The first-order valence-corrected chi connectivity index (χ1v) is 11.9. The summed E-state index contributed by atoms with van der Waals surface area (Å²) >= 11 is 0. The average Bonchev–Trinajstić information content (AvgIpc) is 3.34. The van der Waals surface area contributed by atoms with Crippen molar-refractivity contribution in [2.24, 2.45) is 0 Å². The summed E-state index contributed by atoms with van der Waals surface area (Å²) in [5, 5.41) is 10.5. The fourth-order valence-electron chi connectivity index (χ4n) is 4.22. The summed E-state index contributed by atoms with van der Waals surface area (Å²) in [4.78, 5) is 24.3. The Labute approximate surface area is 203 Å². The summed E-state index contributed by atoms with van der Waals surface area (Å²) in [6.07, 6.45) is 5.11. The number of esters is 1. The van der Waals surface area contributed by atoms with Crippen LogP contribution in [-0.4, -0.2) is 37.5 Å². The SMILES string of the molecule is CCOC(=O)CCCOc1cc(O)c2c(=O)cc(-c3ccc(OC)c(OC4CCCC4)c3)oc2c1. The van der Waals surface area contributed by atoms with Gasteiger partial charge in [0, 0.05) is 30.2 Å². The second-order valence-corrected chi connectivity index (χ2v) is 8.44. The molecule has 8 nitrogen and oxygen atoms in total. The Kier molecular flexibility index (Phi) is 7.80. The van der Waals surface area contributed by atoms with Gasteiger partial charge in [-0.2, -0.15) is 0 Å². The van der Waals surface area contributed by atoms with Crippen LogP contribution in [0.2, 0.25) is 0 Å². The third kappa shape index (κ3) is 5.88. The number of methoxy groups -OCH3 is 1. The zero-order valence-corrected chi connectivity index (χ0v) is 20.0. The molecule has 0 bridgehead atoms. The second kappa shape index (κ2) is 11.2. The van der Waals surface area contributed by atoms with E-state index in [-0.39, 0.29) is 47.2 Å². The predicted octanol–water partition coefficient (Wildman–Crippen LogP) is 5.22. The fraction of sp³-hybridized carbons (Fsp3) is 0.407. The van der Waals surface area contributed by atoms with Crippen molar-refractivity contribution in [3.8, 4) is 34.3 Å². The van der Waals surface area contributed by atoms with E-state index in [1.54, 1.807) is 38.3 Å². The molecule has 0 unspecified atom stereocenters. The van der Waals surface area contributed by atoms with Crippen LogP contribution >= 0.6 is 0 Å². The van der Waals surface area contributed by atoms with Gasteiger partial charge >= 0.3 is 5.97 Å². The standard InChI is InChI=1S/C27H30O8/c1-3-32-26(30)9-6-12-33-19-14-20(28)27-21(29)16-23(35-25(27)15-19)17-10-11-22(31-2)24(13-17)34-18-7-4-5-8-18/h10-11,13-16,18,28H,3-9,12H2,1-2H3. The van der Waals surface area contributed by atoms with Crippen molar-refractivity contribution in [1.82, 2.24) is 0 Å². The van der Waals surface area contributed by atoms with Crippen molar-refractivity contribution < 1.29 is 33.3 Å². The molecule has 4 rings (SSSR count). The molecule has 1 fully saturated rings. The number of hydrogen-bond acceptors (Lipinski definition) is 8. The first-order chi connectivity index (χ1) is 17.0. The van der Waals surface area contributed by atoms with Crippen molar-refractivity contribution in [1.29, 1.82) is 0 Å². The van der Waals surface area contributed by atoms with E-state index < -0.39 is 0 Å². The molecular formula is C27H30O8. The molecule has 35 heavy (non-hydrogen) atoms. The van der Waals surface area contributed by atoms with Gasteiger partial charge in [0.05, 0.1) is 26.4 Å². The number of carbonyl (C=O) groups excluding carboxylic acids is 1. The van der Waals surface area contributed by atoms with Gasteiger partial charge in [-0.05, 0) is 57.2 Å². The molecule has 1 aliphatic carbocycles. The molecule has 3 aromatic rings. The minimum Gasteiger partial charge on any atom is -0.507 e. The molecule has 0 atom stereocenters. The third-order valence-corrected chi connectivity index (χ3v) is 5.93. The van der Waals surface area contributed by atoms with Gasteiger partial charge in [0.25, 0.3) is 0 Å². The Morgan fingerprint density at radius 1 is 1.11 bits per heavy atom. The lowest BCUT2D eigenvalue weighted by Gasteiger charge is -2.17. The number of benzene rings is 2. The van der Waals surface area contributed by atoms with Gasteiger partial charge in [-0.25, -0.2) is 0 Å². The first-order valence-electron chi connectivity index (χ1n) is 11.9. The van der Waals surface area contributed by atoms with Crippen LogP contribution in [0.1, 0.15) is 45.4 Å². The second-order valence-electron chi connectivity index (χ2n) is 8.44. The summed E-state index contributed by atoms with van der Waals surface area (Å²) in [6.45, 7) is 2.33. The topological polar surface area (TPSA) is 104 Å². The highest BCUT2D eigenvalue weighted by Crippen LogP contribution is 2.37. The highest BCUT2D eigenvalue weighted by atomic mass is 16.5. The third-order valence-electron chi connectivity index (χ3n) is 5.93. The van der Waals surface area contributed by atoms with Crippen LogP contribution in [0.4, 0.5) is 0 Å². The molecule has 1 N–H and O–H groups in total. The molecule has 1 saturated carbocycles. The van der Waals surface area contributed by atoms with E-state index in [1.807, 2.05) is 0 Å². The van der Waals surface area contributed by atoms with Gasteiger partial charge in [0.1, 0.15) is 28.2 Å². The number of phenols is 1. The zero-order chi connectivity index (χ0) is 24.8. The molecule has 0 aliphatic heterocycles. The van der Waals surface area contributed by atoms with Crippen molar-refractivity contribution >= 4 is 16.9 Å². The maximum absolute atomic E-state index is 12.8. The Morgan fingerprint density at radius 2 is 1.91 bits per heavy atom. The number of phenolic OH excluding ortho intramolecular Hbond substituents is 1. The zero-order valence-electron chi connectivity index (χ0n) is 20.0. The van der Waals surface area contributed by atoms with Gasteiger partial charge in [-0.15, -0.1) is 0 Å². The summed E-state index contributed by atoms with van der Waals surface area (Å²) in [6, 6.07) is 9.65. The molecule has 0 radical (unpaired) electrons. The van der Waals surface area contributed by atoms with Crippen molar-refractivity contribution in [2.75, 3.05) is 20.3 Å². The minimum atomic E-state index is -0.373. The Hall–Kier alpha value is -3.68. The van der Waals surface area contributed by atoms with E-state index in [0.717, 1.165) is 25.7 Å². The first kappa shape index (κ1) is 24.4. The van der Waals surface area contributed by atoms with Crippen LogP contribution in [0.25, 0.3) is 22.3 Å². The van der Waals surface area contributed by atoms with Crippen LogP contribution in [-0.2, 0) is 9.53 Å². The number of carbonyl (C=O) groups is 1. The molecule has 2 aromatic carbocycles. The molecule has 186 valence electrons. The fourth-order valence-corrected chi connectivity index (χ4v) is 4.22. The highest BCUT2D eigenvalue weighted by molar-refractivity contribution is 5.86. The molecular weight excluding hydrogens is 452 g/mol. The van der Waals surface area contributed by atoms with E-state index in [2.05, 4.69) is 0 Å². The molecule has 1 heterocycles. The van der Waals surface area contributed by atoms with Gasteiger partial charge in [0.2, 0.25) is 0 Å². The number of aromatic hydroxyl groups is 1. The number of fused-ring (bicyclic) bond motifs is 1. The van der Waals surface area contributed by atoms with Crippen LogP contribution in [0.15, 0.2) is 45.6 Å². The quantitative estimate of drug-likeness (QED) is 0.310. The van der Waals surface area contributed by atoms with Crippen LogP contribution in [0.5, 0.6) is 23.0 Å². The van der Waals surface area contributed by atoms with Crippen LogP contribution in [0, 0.1) is 0 Å². The lowest BCUT2D eigenvalue weighted by atomic mass is 10.1. The summed E-state index contributed by atoms with van der Waals surface area (Å²) < 4.78 is 28.2. The van der Waals surface area contributed by atoms with Gasteiger partial charge in [-0.1, -0.05) is 0 Å². The van der Waals surface area contributed by atoms with Crippen LogP contribution < -0.4 is 19.6 Å². The van der Waals surface area contributed by atoms with E-state index in [4.69, 9.17) is 23.4 Å². The van der Waals surface area contributed by atoms with Crippen molar-refractivity contribution in [2.45, 2.75) is 51.6 Å². The molecule has 1 aromatic heterocycles. The van der Waals surface area contributed by atoms with Crippen molar-refractivity contribution in [3.63, 3.8) is 0 Å². The lowest BCUT2D eigenvalue weighted by Crippen LogP contribution is -2.11. The van der Waals surface area contributed by atoms with Gasteiger partial charge < -0.3 is 28.5 Å². The lowest BCUT2D eigenvalue weighted by molar-refractivity contribution is -0.143. The number of rotatable bonds is 10. The average molecular weight is 483 g/mol. The van der Waals surface area contributed by atoms with Gasteiger partial charge in [-0.3, -0.25) is 9.59 Å². The van der Waals surface area contributed by atoms with Crippen LogP contribution in [0.3, 0.4) is 0 Å². The van der Waals surface area contributed by atoms with E-state index >= 15 is 0 Å². The Balaban J connectivity index is 1.59. The summed E-state index contributed by atoms with van der Waals surface area (Å²) in [7, 11) is 1.59. The van der Waals surface area contributed by atoms with E-state index in [1.165, 1.54) is 12.1 Å². The van der Waals surface area contributed by atoms with Crippen molar-refractivity contribution in [3.05, 3.63) is 46.6 Å². The summed E-state index contributed by atoms with van der Waals surface area (Å²) in [5.74, 6) is 1.35.